The standard InChI is InChI=1S/C11H10ClFO2/c1-7(12)6-15-11-4-3-9(13)5-10(11)8(2)14/h3-5H,1,6H2,2H3. The van der Waals surface area contributed by atoms with E-state index >= 15 is 0 Å². The molecule has 0 spiro atoms. The second-order valence-corrected chi connectivity index (χ2v) is 3.54. The average Bonchev–Trinajstić information content (AvgIpc) is 2.15. The van der Waals surface area contributed by atoms with E-state index in [2.05, 4.69) is 6.58 Å². The number of carbonyl (C=O) groups excluding carboxylic acids is 1. The van der Waals surface area contributed by atoms with E-state index in [0.717, 1.165) is 6.07 Å². The minimum Gasteiger partial charge on any atom is -0.487 e. The van der Waals surface area contributed by atoms with E-state index in [-0.39, 0.29) is 18.0 Å². The number of benzene rings is 1. The van der Waals surface area contributed by atoms with Crippen molar-refractivity contribution in [3.05, 3.63) is 41.2 Å². The van der Waals surface area contributed by atoms with Crippen molar-refractivity contribution < 1.29 is 13.9 Å². The maximum absolute atomic E-state index is 12.9. The Morgan fingerprint density at radius 2 is 2.27 bits per heavy atom. The van der Waals surface area contributed by atoms with Crippen molar-refractivity contribution in [3.8, 4) is 5.75 Å². The molecule has 80 valence electrons. The summed E-state index contributed by atoms with van der Waals surface area (Å²) in [6.07, 6.45) is 0. The molecule has 0 aliphatic carbocycles. The molecule has 0 heterocycles. The number of Topliss-reactive ketones (excluding diaryl/α,β-unsaturated/α-hetero) is 1. The molecule has 15 heavy (non-hydrogen) atoms. The highest BCUT2D eigenvalue weighted by atomic mass is 35.5. The Labute approximate surface area is 92.3 Å². The van der Waals surface area contributed by atoms with Gasteiger partial charge in [0.25, 0.3) is 0 Å². The summed E-state index contributed by atoms with van der Waals surface area (Å²) >= 11 is 5.51. The van der Waals surface area contributed by atoms with Crippen molar-refractivity contribution in [2.45, 2.75) is 6.92 Å². The molecule has 0 N–H and O–H groups in total. The van der Waals surface area contributed by atoms with Crippen LogP contribution in [-0.2, 0) is 0 Å². The van der Waals surface area contributed by atoms with Crippen molar-refractivity contribution in [1.29, 1.82) is 0 Å². The Morgan fingerprint density at radius 3 is 2.80 bits per heavy atom. The topological polar surface area (TPSA) is 26.3 Å². The van der Waals surface area contributed by atoms with Gasteiger partial charge in [0, 0.05) is 5.03 Å². The monoisotopic (exact) mass is 228 g/mol. The van der Waals surface area contributed by atoms with E-state index in [9.17, 15) is 9.18 Å². The average molecular weight is 229 g/mol. The predicted molar refractivity (Wildman–Crippen MR) is 56.9 cm³/mol. The molecular formula is C11H10ClFO2. The fraction of sp³-hybridized carbons (Fsp3) is 0.182. The van der Waals surface area contributed by atoms with Crippen LogP contribution in [0.2, 0.25) is 0 Å². The smallest absolute Gasteiger partial charge is 0.163 e. The van der Waals surface area contributed by atoms with Crippen molar-refractivity contribution in [3.63, 3.8) is 0 Å². The molecular weight excluding hydrogens is 219 g/mol. The third kappa shape index (κ3) is 3.36. The highest BCUT2D eigenvalue weighted by Gasteiger charge is 2.09. The first kappa shape index (κ1) is 11.7. The number of hydrogen-bond acceptors (Lipinski definition) is 2. The summed E-state index contributed by atoms with van der Waals surface area (Å²) in [6, 6.07) is 3.75. The summed E-state index contributed by atoms with van der Waals surface area (Å²) < 4.78 is 18.1. The molecule has 0 aliphatic rings. The molecule has 0 unspecified atom stereocenters. The summed E-state index contributed by atoms with van der Waals surface area (Å²) in [7, 11) is 0. The zero-order valence-corrected chi connectivity index (χ0v) is 8.97. The Kier molecular flexibility index (Phi) is 3.86. The largest absolute Gasteiger partial charge is 0.487 e. The van der Waals surface area contributed by atoms with E-state index in [0.29, 0.717) is 10.8 Å². The van der Waals surface area contributed by atoms with E-state index in [4.69, 9.17) is 16.3 Å². The Bertz CT molecular complexity index is 402. The van der Waals surface area contributed by atoms with Crippen LogP contribution in [-0.4, -0.2) is 12.4 Å². The van der Waals surface area contributed by atoms with Crippen LogP contribution in [0.1, 0.15) is 17.3 Å². The quantitative estimate of drug-likeness (QED) is 0.740. The lowest BCUT2D eigenvalue weighted by Crippen LogP contribution is -2.03. The molecule has 0 radical (unpaired) electrons. The molecule has 0 saturated carbocycles. The van der Waals surface area contributed by atoms with Gasteiger partial charge in [-0.2, -0.15) is 0 Å². The maximum atomic E-state index is 12.9. The summed E-state index contributed by atoms with van der Waals surface area (Å²) in [6.45, 7) is 4.88. The molecule has 0 saturated heterocycles. The Balaban J connectivity index is 2.95. The number of rotatable bonds is 4. The van der Waals surface area contributed by atoms with Gasteiger partial charge in [-0.05, 0) is 25.1 Å². The van der Waals surface area contributed by atoms with Crippen LogP contribution < -0.4 is 4.74 Å². The second-order valence-electron chi connectivity index (χ2n) is 3.00. The number of carbonyl (C=O) groups is 1. The molecule has 2 nitrogen and oxygen atoms in total. The molecule has 1 rings (SSSR count). The highest BCUT2D eigenvalue weighted by molar-refractivity contribution is 6.29. The van der Waals surface area contributed by atoms with E-state index in [1.165, 1.54) is 19.1 Å². The van der Waals surface area contributed by atoms with Crippen LogP contribution in [0.4, 0.5) is 4.39 Å². The van der Waals surface area contributed by atoms with Gasteiger partial charge in [0.1, 0.15) is 18.2 Å². The van der Waals surface area contributed by atoms with E-state index in [1.807, 2.05) is 0 Å². The lowest BCUT2D eigenvalue weighted by atomic mass is 10.1. The SMILES string of the molecule is C=C(Cl)COc1ccc(F)cc1C(C)=O. The van der Waals surface area contributed by atoms with Crippen molar-refractivity contribution >= 4 is 17.4 Å². The molecule has 0 bridgehead atoms. The Morgan fingerprint density at radius 1 is 1.60 bits per heavy atom. The second kappa shape index (κ2) is 4.94. The molecule has 1 aromatic rings. The molecule has 0 aliphatic heterocycles. The third-order valence-electron chi connectivity index (χ3n) is 1.71. The van der Waals surface area contributed by atoms with Crippen LogP contribution in [0, 0.1) is 5.82 Å². The molecule has 0 aromatic heterocycles. The fourth-order valence-electron chi connectivity index (χ4n) is 1.06. The minimum atomic E-state index is -0.475. The van der Waals surface area contributed by atoms with Crippen LogP contribution in [0.25, 0.3) is 0 Å². The van der Waals surface area contributed by atoms with E-state index < -0.39 is 5.82 Å². The summed E-state index contributed by atoms with van der Waals surface area (Å²) in [4.78, 5) is 11.2. The van der Waals surface area contributed by atoms with E-state index in [1.54, 1.807) is 0 Å². The lowest BCUT2D eigenvalue weighted by molar-refractivity contribution is 0.101. The molecule has 0 amide bonds. The first-order valence-electron chi connectivity index (χ1n) is 4.27. The number of ether oxygens (including phenoxy) is 1. The number of halogens is 2. The van der Waals surface area contributed by atoms with Crippen LogP contribution >= 0.6 is 11.6 Å². The van der Waals surface area contributed by atoms with Gasteiger partial charge in [-0.25, -0.2) is 4.39 Å². The maximum Gasteiger partial charge on any atom is 0.163 e. The minimum absolute atomic E-state index is 0.0907. The lowest BCUT2D eigenvalue weighted by Gasteiger charge is -2.08. The molecule has 0 fully saturated rings. The van der Waals surface area contributed by atoms with Gasteiger partial charge in [0.15, 0.2) is 5.78 Å². The third-order valence-corrected chi connectivity index (χ3v) is 1.81. The first-order chi connectivity index (χ1) is 7.00. The summed E-state index contributed by atoms with van der Waals surface area (Å²) in [5.74, 6) is -0.423. The van der Waals surface area contributed by atoms with Crippen molar-refractivity contribution in [2.24, 2.45) is 0 Å². The van der Waals surface area contributed by atoms with Crippen molar-refractivity contribution in [1.82, 2.24) is 0 Å². The van der Waals surface area contributed by atoms with Gasteiger partial charge < -0.3 is 4.74 Å². The normalized spacial score (nSPS) is 9.80. The van der Waals surface area contributed by atoms with Gasteiger partial charge in [-0.3, -0.25) is 4.79 Å². The number of ketones is 1. The van der Waals surface area contributed by atoms with Crippen LogP contribution in [0.3, 0.4) is 0 Å². The van der Waals surface area contributed by atoms with Gasteiger partial charge in [-0.15, -0.1) is 0 Å². The van der Waals surface area contributed by atoms with Gasteiger partial charge in [0.05, 0.1) is 5.56 Å². The fourth-order valence-corrected chi connectivity index (χ4v) is 1.11. The first-order valence-corrected chi connectivity index (χ1v) is 4.65. The van der Waals surface area contributed by atoms with Gasteiger partial charge in [-0.1, -0.05) is 18.2 Å². The zero-order valence-electron chi connectivity index (χ0n) is 8.22. The van der Waals surface area contributed by atoms with Crippen LogP contribution in [0.15, 0.2) is 29.8 Å². The Hall–Kier alpha value is -1.35. The van der Waals surface area contributed by atoms with Gasteiger partial charge >= 0.3 is 0 Å². The highest BCUT2D eigenvalue weighted by Crippen LogP contribution is 2.21. The molecule has 1 aromatic carbocycles. The molecule has 0 atom stereocenters. The zero-order chi connectivity index (χ0) is 11.4. The molecule has 4 heteroatoms. The van der Waals surface area contributed by atoms with Gasteiger partial charge in [0.2, 0.25) is 0 Å². The summed E-state index contributed by atoms with van der Waals surface area (Å²) in [5.41, 5.74) is 0.202. The number of hydrogen-bond donors (Lipinski definition) is 0. The predicted octanol–water partition coefficient (Wildman–Crippen LogP) is 3.16. The summed E-state index contributed by atoms with van der Waals surface area (Å²) in [5, 5.41) is 0.314. The van der Waals surface area contributed by atoms with Crippen LogP contribution in [0.5, 0.6) is 5.75 Å². The van der Waals surface area contributed by atoms with Crippen molar-refractivity contribution in [2.75, 3.05) is 6.61 Å².